The average Bonchev–Trinajstić information content (AvgIpc) is 3.49. The van der Waals surface area contributed by atoms with E-state index in [4.69, 9.17) is 0 Å². The molecule has 2 saturated carbocycles. The van der Waals surface area contributed by atoms with Crippen molar-refractivity contribution in [3.05, 3.63) is 49.2 Å². The molecule has 10 nitrogen and oxygen atoms in total. The van der Waals surface area contributed by atoms with Gasteiger partial charge in [0.15, 0.2) is 0 Å². The number of hydrogen-bond donors (Lipinski definition) is 1. The van der Waals surface area contributed by atoms with Crippen molar-refractivity contribution in [2.24, 2.45) is 13.0 Å². The van der Waals surface area contributed by atoms with Gasteiger partial charge in [-0.25, -0.2) is 4.68 Å². The van der Waals surface area contributed by atoms with Gasteiger partial charge in [-0.05, 0) is 57.0 Å². The Morgan fingerprint density at radius 2 is 1.97 bits per heavy atom. The molecule has 0 spiro atoms. The smallest absolute Gasteiger partial charge is 0.134 e. The second-order valence-corrected chi connectivity index (χ2v) is 9.95. The first-order valence-corrected chi connectivity index (χ1v) is 11.6. The van der Waals surface area contributed by atoms with E-state index in [1.165, 1.54) is 12.8 Å². The van der Waals surface area contributed by atoms with E-state index in [-0.39, 0.29) is 0 Å². The van der Waals surface area contributed by atoms with Gasteiger partial charge in [0.25, 0.3) is 0 Å². The number of nitrogens with one attached hydrogen (secondary N) is 1. The third-order valence-corrected chi connectivity index (χ3v) is 7.80. The molecule has 10 heteroatoms. The molecule has 1 aromatic carbocycles. The molecule has 0 radical (unpaired) electrons. The minimum atomic E-state index is 0.382. The molecule has 3 unspecified atom stereocenters. The summed E-state index contributed by atoms with van der Waals surface area (Å²) in [5.41, 5.74) is 5.90. The Hall–Kier alpha value is -3.79. The Morgan fingerprint density at radius 3 is 2.76 bits per heavy atom. The summed E-state index contributed by atoms with van der Waals surface area (Å²) in [6.45, 7) is 0. The van der Waals surface area contributed by atoms with Crippen LogP contribution in [0.25, 0.3) is 39.1 Å². The molecular weight excluding hydrogens is 428 g/mol. The van der Waals surface area contributed by atoms with Gasteiger partial charge >= 0.3 is 0 Å². The predicted octanol–water partition coefficient (Wildman–Crippen LogP) is 3.06. The van der Waals surface area contributed by atoms with Crippen LogP contribution in [0.3, 0.4) is 0 Å². The lowest BCUT2D eigenvalue weighted by molar-refractivity contribution is 0.244. The Bertz CT molecular complexity index is 1520. The Balaban J connectivity index is 1.17. The lowest BCUT2D eigenvalue weighted by atomic mass is 10.1. The molecule has 1 N–H and O–H groups in total. The van der Waals surface area contributed by atoms with E-state index in [0.717, 1.165) is 51.4 Å². The van der Waals surface area contributed by atoms with Crippen molar-refractivity contribution >= 4 is 10.9 Å². The first-order chi connectivity index (χ1) is 16.5. The number of aromatic nitrogens is 9. The summed E-state index contributed by atoms with van der Waals surface area (Å²) in [5.74, 6) is 0.794. The van der Waals surface area contributed by atoms with Gasteiger partial charge in [0.1, 0.15) is 17.1 Å². The maximum atomic E-state index is 4.67. The lowest BCUT2D eigenvalue weighted by Crippen LogP contribution is -2.30. The Morgan fingerprint density at radius 1 is 1.06 bits per heavy atom. The summed E-state index contributed by atoms with van der Waals surface area (Å²) in [6, 6.07) is 6.67. The highest BCUT2D eigenvalue weighted by molar-refractivity contribution is 5.94. The Labute approximate surface area is 196 Å². The fourth-order valence-electron chi connectivity index (χ4n) is 5.78. The molecule has 2 aliphatic carbocycles. The zero-order valence-corrected chi connectivity index (χ0v) is 19.4. The van der Waals surface area contributed by atoms with Crippen molar-refractivity contribution in [3.63, 3.8) is 0 Å². The second kappa shape index (κ2) is 6.86. The number of fused-ring (bicyclic) bond motifs is 2. The normalized spacial score (nSPS) is 23.8. The van der Waals surface area contributed by atoms with Crippen molar-refractivity contribution in [3.8, 4) is 28.2 Å². The lowest BCUT2D eigenvalue weighted by Gasteiger charge is -2.23. The highest BCUT2D eigenvalue weighted by Crippen LogP contribution is 2.62. The van der Waals surface area contributed by atoms with Crippen LogP contribution in [0.15, 0.2) is 49.2 Å². The number of hydrogen-bond acceptors (Lipinski definition) is 6. The van der Waals surface area contributed by atoms with Gasteiger partial charge in [0.2, 0.25) is 0 Å². The maximum Gasteiger partial charge on any atom is 0.134 e. The fraction of sp³-hybridized carbons (Fsp3) is 0.375. The molecule has 2 fully saturated rings. The second-order valence-electron chi connectivity index (χ2n) is 9.95. The highest BCUT2D eigenvalue weighted by atomic mass is 15.4. The topological polar surface area (TPSA) is 98.3 Å². The minimum Gasteiger partial charge on any atom is -0.303 e. The first-order valence-electron chi connectivity index (χ1n) is 11.6. The van der Waals surface area contributed by atoms with E-state index in [0.29, 0.717) is 11.6 Å². The molecule has 5 aromatic rings. The van der Waals surface area contributed by atoms with Crippen LogP contribution in [-0.4, -0.2) is 69.3 Å². The number of H-pyrrole nitrogens is 1. The number of aryl methyl sites for hydroxylation is 1. The van der Waals surface area contributed by atoms with Gasteiger partial charge in [-0.3, -0.25) is 14.5 Å². The van der Waals surface area contributed by atoms with Gasteiger partial charge in [0, 0.05) is 29.7 Å². The van der Waals surface area contributed by atoms with Gasteiger partial charge < -0.3 is 4.90 Å². The van der Waals surface area contributed by atoms with Crippen LogP contribution in [0.5, 0.6) is 0 Å². The molecule has 3 atom stereocenters. The van der Waals surface area contributed by atoms with E-state index < -0.39 is 0 Å². The SMILES string of the molecule is CN(C)C12CC(n3cc(-n4cc(-c5n[nH]c6ccc(-c7cnn(C)c7)cc56)nn4)cn3)CC1C2. The first kappa shape index (κ1) is 19.7. The van der Waals surface area contributed by atoms with Crippen LogP contribution in [-0.2, 0) is 7.05 Å². The molecule has 7 rings (SSSR count). The number of nitrogens with zero attached hydrogens (tertiary/aromatic N) is 9. The third-order valence-electron chi connectivity index (χ3n) is 7.80. The van der Waals surface area contributed by atoms with Crippen molar-refractivity contribution in [2.75, 3.05) is 14.1 Å². The number of rotatable bonds is 5. The van der Waals surface area contributed by atoms with Crippen molar-refractivity contribution < 1.29 is 0 Å². The van der Waals surface area contributed by atoms with E-state index in [2.05, 4.69) is 72.7 Å². The number of benzene rings is 1. The van der Waals surface area contributed by atoms with Crippen molar-refractivity contribution in [1.82, 2.24) is 49.7 Å². The van der Waals surface area contributed by atoms with Gasteiger partial charge in [-0.2, -0.15) is 15.3 Å². The molecule has 4 aromatic heterocycles. The average molecular weight is 455 g/mol. The van der Waals surface area contributed by atoms with E-state index in [1.807, 2.05) is 37.9 Å². The summed E-state index contributed by atoms with van der Waals surface area (Å²) in [7, 11) is 6.32. The maximum absolute atomic E-state index is 4.67. The van der Waals surface area contributed by atoms with Crippen LogP contribution in [0, 0.1) is 5.92 Å². The van der Waals surface area contributed by atoms with E-state index in [9.17, 15) is 0 Å². The van der Waals surface area contributed by atoms with Crippen molar-refractivity contribution in [2.45, 2.75) is 30.8 Å². The summed E-state index contributed by atoms with van der Waals surface area (Å²) < 4.78 is 5.69. The Kier molecular flexibility index (Phi) is 3.97. The summed E-state index contributed by atoms with van der Waals surface area (Å²) >= 11 is 0. The molecule has 172 valence electrons. The van der Waals surface area contributed by atoms with E-state index in [1.54, 1.807) is 9.36 Å². The summed E-state index contributed by atoms with van der Waals surface area (Å²) in [5, 5.41) is 26.4. The zero-order valence-electron chi connectivity index (χ0n) is 19.4. The molecule has 0 aliphatic heterocycles. The third kappa shape index (κ3) is 2.88. The monoisotopic (exact) mass is 454 g/mol. The van der Waals surface area contributed by atoms with Crippen LogP contribution in [0.1, 0.15) is 25.3 Å². The van der Waals surface area contributed by atoms with Crippen molar-refractivity contribution in [1.29, 1.82) is 0 Å². The molecule has 0 saturated heterocycles. The zero-order chi connectivity index (χ0) is 23.0. The van der Waals surface area contributed by atoms with Crippen LogP contribution >= 0.6 is 0 Å². The largest absolute Gasteiger partial charge is 0.303 e. The summed E-state index contributed by atoms with van der Waals surface area (Å²) in [6.07, 6.45) is 13.4. The molecule has 34 heavy (non-hydrogen) atoms. The minimum absolute atomic E-state index is 0.382. The molecular formula is C24H26N10. The fourth-order valence-corrected chi connectivity index (χ4v) is 5.78. The molecule has 0 amide bonds. The predicted molar refractivity (Wildman–Crippen MR) is 127 cm³/mol. The number of aromatic amines is 1. The van der Waals surface area contributed by atoms with Gasteiger partial charge in [-0.1, -0.05) is 11.3 Å². The molecule has 4 heterocycles. The van der Waals surface area contributed by atoms with E-state index >= 15 is 0 Å². The standard InChI is InChI=1S/C24H26N10/c1-31(2)24-8-17(24)7-18(9-24)33-13-19(11-26-33)34-14-22(28-30-34)23-20-6-15(4-5-21(20)27-29-23)16-10-25-32(3)12-16/h4-6,10-14,17-18H,7-9H2,1-3H3,(H,27,29). The summed E-state index contributed by atoms with van der Waals surface area (Å²) in [4.78, 5) is 2.40. The van der Waals surface area contributed by atoms with Crippen LogP contribution in [0.2, 0.25) is 0 Å². The van der Waals surface area contributed by atoms with Crippen LogP contribution < -0.4 is 0 Å². The van der Waals surface area contributed by atoms with Gasteiger partial charge in [0.05, 0.1) is 36.3 Å². The quantitative estimate of drug-likeness (QED) is 0.438. The van der Waals surface area contributed by atoms with Crippen LogP contribution in [0.4, 0.5) is 0 Å². The highest BCUT2D eigenvalue weighted by Gasteiger charge is 2.62. The van der Waals surface area contributed by atoms with Gasteiger partial charge in [-0.15, -0.1) is 5.10 Å². The molecule has 0 bridgehead atoms. The molecule has 2 aliphatic rings.